The number of carbonyl (C=O) groups excluding carboxylic acids is 3. The van der Waals surface area contributed by atoms with Gasteiger partial charge in [-0.15, -0.1) is 0 Å². The molecule has 0 saturated carbocycles. The topological polar surface area (TPSA) is 171 Å². The van der Waals surface area contributed by atoms with Gasteiger partial charge in [0.05, 0.1) is 12.1 Å². The van der Waals surface area contributed by atoms with Crippen LogP contribution < -0.4 is 21.7 Å². The molecule has 0 bridgehead atoms. The van der Waals surface area contributed by atoms with E-state index < -0.39 is 54.0 Å². The van der Waals surface area contributed by atoms with Crippen LogP contribution in [0.1, 0.15) is 53.0 Å². The van der Waals surface area contributed by atoms with Crippen LogP contribution in [0.25, 0.3) is 0 Å². The van der Waals surface area contributed by atoms with Crippen molar-refractivity contribution in [2.45, 2.75) is 84.2 Å². The Balaban J connectivity index is 2.98. The van der Waals surface area contributed by atoms with Gasteiger partial charge in [0.25, 0.3) is 0 Å². The summed E-state index contributed by atoms with van der Waals surface area (Å²) in [4.78, 5) is 50.2. The Bertz CT molecular complexity index is 846. The van der Waals surface area contributed by atoms with Gasteiger partial charge in [0.1, 0.15) is 12.1 Å². The van der Waals surface area contributed by atoms with Gasteiger partial charge in [-0.1, -0.05) is 64.4 Å². The highest BCUT2D eigenvalue weighted by Crippen LogP contribution is 2.12. The van der Waals surface area contributed by atoms with Crippen LogP contribution in [0.2, 0.25) is 0 Å². The molecule has 0 spiro atoms. The van der Waals surface area contributed by atoms with Crippen LogP contribution in [-0.4, -0.2) is 64.2 Å². The van der Waals surface area contributed by atoms with Crippen molar-refractivity contribution in [2.24, 2.45) is 17.6 Å². The lowest BCUT2D eigenvalue weighted by molar-refractivity contribution is -0.145. The molecule has 0 heterocycles. The van der Waals surface area contributed by atoms with E-state index in [1.165, 1.54) is 6.92 Å². The second-order valence-corrected chi connectivity index (χ2v) is 9.42. The molecule has 0 aromatic heterocycles. The molecule has 0 aliphatic rings. The Labute approximate surface area is 207 Å². The molecule has 1 aromatic rings. The number of aliphatic hydroxyl groups is 1. The number of nitrogens with one attached hydrogen (secondary N) is 3. The van der Waals surface area contributed by atoms with Crippen LogP contribution in [0.15, 0.2) is 30.3 Å². The zero-order valence-corrected chi connectivity index (χ0v) is 21.2. The van der Waals surface area contributed by atoms with Crippen molar-refractivity contribution in [2.75, 3.05) is 0 Å². The molecule has 0 fully saturated rings. The molecule has 0 saturated heterocycles. The molecular weight excluding hydrogens is 452 g/mol. The second-order valence-electron chi connectivity index (χ2n) is 9.42. The number of amides is 3. The summed E-state index contributed by atoms with van der Waals surface area (Å²) in [6, 6.07) is 4.90. The Morgan fingerprint density at radius 3 is 1.94 bits per heavy atom. The van der Waals surface area contributed by atoms with Crippen LogP contribution in [0.5, 0.6) is 0 Å². The molecule has 0 aliphatic heterocycles. The van der Waals surface area contributed by atoms with E-state index in [1.807, 2.05) is 51.1 Å². The molecule has 1 rings (SSSR count). The fourth-order valence-corrected chi connectivity index (χ4v) is 3.53. The van der Waals surface area contributed by atoms with E-state index in [9.17, 15) is 29.4 Å². The highest BCUT2D eigenvalue weighted by atomic mass is 16.4. The van der Waals surface area contributed by atoms with Crippen molar-refractivity contribution in [3.63, 3.8) is 0 Å². The van der Waals surface area contributed by atoms with Gasteiger partial charge in [0, 0.05) is 0 Å². The van der Waals surface area contributed by atoms with E-state index in [0.29, 0.717) is 12.8 Å². The molecule has 35 heavy (non-hydrogen) atoms. The monoisotopic (exact) mass is 492 g/mol. The Hall–Kier alpha value is -2.98. The smallest absolute Gasteiger partial charge is 0.328 e. The number of hydrogen-bond donors (Lipinski definition) is 6. The van der Waals surface area contributed by atoms with Crippen molar-refractivity contribution in [1.82, 2.24) is 16.0 Å². The fraction of sp³-hybridized carbons (Fsp3) is 0.600. The van der Waals surface area contributed by atoms with Gasteiger partial charge >= 0.3 is 5.97 Å². The number of carboxylic acids is 1. The summed E-state index contributed by atoms with van der Waals surface area (Å²) in [5.41, 5.74) is 6.97. The number of benzene rings is 1. The van der Waals surface area contributed by atoms with E-state index in [4.69, 9.17) is 5.73 Å². The summed E-state index contributed by atoms with van der Waals surface area (Å²) in [6.45, 7) is 8.64. The van der Waals surface area contributed by atoms with Gasteiger partial charge in [-0.25, -0.2) is 4.79 Å². The SMILES string of the molecule is CCC(C)C(NC(=O)C(N)Cc1ccccc1)C(=O)NC(CC(C)C)C(=O)NC(C(=O)O)C(C)O. The van der Waals surface area contributed by atoms with Gasteiger partial charge in [0.2, 0.25) is 17.7 Å². The summed E-state index contributed by atoms with van der Waals surface area (Å²) in [5, 5.41) is 26.6. The molecule has 6 atom stereocenters. The van der Waals surface area contributed by atoms with Crippen molar-refractivity contribution in [3.05, 3.63) is 35.9 Å². The number of aliphatic hydroxyl groups excluding tert-OH is 1. The second kappa shape index (κ2) is 14.4. The number of aliphatic carboxylic acids is 1. The molecule has 10 heteroatoms. The normalized spacial score (nSPS) is 16.3. The van der Waals surface area contributed by atoms with Crippen molar-refractivity contribution in [3.8, 4) is 0 Å². The van der Waals surface area contributed by atoms with Gasteiger partial charge in [-0.3, -0.25) is 14.4 Å². The predicted octanol–water partition coefficient (Wildman–Crippen LogP) is 0.568. The van der Waals surface area contributed by atoms with Crippen LogP contribution in [0, 0.1) is 11.8 Å². The highest BCUT2D eigenvalue weighted by Gasteiger charge is 2.33. The maximum Gasteiger partial charge on any atom is 0.328 e. The van der Waals surface area contributed by atoms with Gasteiger partial charge in [-0.05, 0) is 37.2 Å². The first kappa shape index (κ1) is 30.1. The number of nitrogens with two attached hydrogens (primary N) is 1. The third-order valence-corrected chi connectivity index (χ3v) is 5.81. The molecule has 6 unspecified atom stereocenters. The number of hydrogen-bond acceptors (Lipinski definition) is 6. The number of rotatable bonds is 14. The molecule has 0 radical (unpaired) electrons. The van der Waals surface area contributed by atoms with E-state index in [2.05, 4.69) is 16.0 Å². The largest absolute Gasteiger partial charge is 0.480 e. The third-order valence-electron chi connectivity index (χ3n) is 5.81. The fourth-order valence-electron chi connectivity index (χ4n) is 3.53. The molecule has 0 aliphatic carbocycles. The zero-order valence-electron chi connectivity index (χ0n) is 21.2. The van der Waals surface area contributed by atoms with Crippen LogP contribution in [0.3, 0.4) is 0 Å². The van der Waals surface area contributed by atoms with Gasteiger partial charge in [0.15, 0.2) is 6.04 Å². The molecule has 3 amide bonds. The average Bonchev–Trinajstić information content (AvgIpc) is 2.79. The van der Waals surface area contributed by atoms with Crippen molar-refractivity contribution < 1.29 is 29.4 Å². The van der Waals surface area contributed by atoms with Gasteiger partial charge < -0.3 is 31.9 Å². The molecule has 10 nitrogen and oxygen atoms in total. The lowest BCUT2D eigenvalue weighted by Crippen LogP contribution is -2.59. The lowest BCUT2D eigenvalue weighted by Gasteiger charge is -2.29. The summed E-state index contributed by atoms with van der Waals surface area (Å²) < 4.78 is 0. The summed E-state index contributed by atoms with van der Waals surface area (Å²) in [5.74, 6) is -3.43. The summed E-state index contributed by atoms with van der Waals surface area (Å²) in [6.07, 6.45) is -0.213. The quantitative estimate of drug-likeness (QED) is 0.220. The molecule has 1 aromatic carbocycles. The Kier molecular flexibility index (Phi) is 12.4. The number of carboxylic acid groups (broad SMARTS) is 1. The molecular formula is C25H40N4O6. The first-order chi connectivity index (χ1) is 16.4. The van der Waals surface area contributed by atoms with Crippen LogP contribution in [-0.2, 0) is 25.6 Å². The Morgan fingerprint density at radius 2 is 1.46 bits per heavy atom. The minimum Gasteiger partial charge on any atom is -0.480 e. The van der Waals surface area contributed by atoms with Crippen molar-refractivity contribution in [1.29, 1.82) is 0 Å². The molecule has 196 valence electrons. The average molecular weight is 493 g/mol. The van der Waals surface area contributed by atoms with E-state index in [0.717, 1.165) is 5.56 Å². The number of carbonyl (C=O) groups is 4. The molecule has 7 N–H and O–H groups in total. The van der Waals surface area contributed by atoms with E-state index in [-0.39, 0.29) is 18.3 Å². The first-order valence-electron chi connectivity index (χ1n) is 12.0. The minimum atomic E-state index is -1.52. The predicted molar refractivity (Wildman–Crippen MR) is 132 cm³/mol. The zero-order chi connectivity index (χ0) is 26.7. The standard InChI is InChI=1S/C25H40N4O6/c1-6-15(4)20(28-22(31)18(26)13-17-10-8-7-9-11-17)24(33)27-19(12-14(2)3)23(32)29-21(16(5)30)25(34)35/h7-11,14-16,18-21,30H,6,12-13,26H2,1-5H3,(H,27,33)(H,28,31)(H,29,32)(H,34,35). The minimum absolute atomic E-state index is 0.00295. The van der Waals surface area contributed by atoms with Crippen molar-refractivity contribution >= 4 is 23.7 Å². The summed E-state index contributed by atoms with van der Waals surface area (Å²) in [7, 11) is 0. The maximum atomic E-state index is 13.2. The van der Waals surface area contributed by atoms with Crippen LogP contribution >= 0.6 is 0 Å². The third kappa shape index (κ3) is 10.0. The maximum absolute atomic E-state index is 13.2. The van der Waals surface area contributed by atoms with E-state index >= 15 is 0 Å². The van der Waals surface area contributed by atoms with Crippen LogP contribution in [0.4, 0.5) is 0 Å². The Morgan fingerprint density at radius 1 is 0.886 bits per heavy atom. The first-order valence-corrected chi connectivity index (χ1v) is 12.0. The lowest BCUT2D eigenvalue weighted by atomic mass is 9.96. The summed E-state index contributed by atoms with van der Waals surface area (Å²) >= 11 is 0. The van der Waals surface area contributed by atoms with Gasteiger partial charge in [-0.2, -0.15) is 0 Å². The van der Waals surface area contributed by atoms with E-state index in [1.54, 1.807) is 6.92 Å². The highest BCUT2D eigenvalue weighted by molar-refractivity contribution is 5.94.